The molecule has 0 aliphatic heterocycles. The van der Waals surface area contributed by atoms with Gasteiger partial charge in [0.1, 0.15) is 19.3 Å². The van der Waals surface area contributed by atoms with Gasteiger partial charge in [-0.15, -0.1) is 22.7 Å². The summed E-state index contributed by atoms with van der Waals surface area (Å²) in [4.78, 5) is 47.8. The van der Waals surface area contributed by atoms with Crippen LogP contribution in [0.5, 0.6) is 0 Å². The molecule has 4 aromatic rings. The van der Waals surface area contributed by atoms with E-state index in [2.05, 4.69) is 25.9 Å². The largest absolute Gasteiger partial charge is 0.444 e. The number of aromatic nitrogens is 2. The summed E-state index contributed by atoms with van der Waals surface area (Å²) in [5, 5.41) is 22.7. The molecule has 4 rings (SSSR count). The van der Waals surface area contributed by atoms with E-state index < -0.39 is 42.3 Å². The van der Waals surface area contributed by atoms with Crippen molar-refractivity contribution < 1.29 is 29.0 Å². The zero-order valence-corrected chi connectivity index (χ0v) is 28.3. The fourth-order valence-electron chi connectivity index (χ4n) is 4.75. The summed E-state index contributed by atoms with van der Waals surface area (Å²) in [6.07, 6.45) is 0.0343. The monoisotopic (exact) mass is 679 g/mol. The predicted octanol–water partition coefficient (Wildman–Crippen LogP) is 5.35. The third-order valence-electron chi connectivity index (χ3n) is 7.23. The lowest BCUT2D eigenvalue weighted by atomic mass is 9.93. The van der Waals surface area contributed by atoms with Crippen molar-refractivity contribution in [2.45, 2.75) is 83.4 Å². The van der Waals surface area contributed by atoms with Crippen molar-refractivity contribution in [1.82, 2.24) is 25.9 Å². The quantitative estimate of drug-likeness (QED) is 0.124. The molecule has 0 fully saturated rings. The Hall–Kier alpha value is -4.33. The van der Waals surface area contributed by atoms with Crippen LogP contribution in [-0.2, 0) is 40.3 Å². The zero-order chi connectivity index (χ0) is 33.6. The molecule has 0 saturated heterocycles. The van der Waals surface area contributed by atoms with Gasteiger partial charge in [-0.25, -0.2) is 14.6 Å². The number of carbonyl (C=O) groups is 3. The third kappa shape index (κ3) is 12.1. The maximum atomic E-state index is 13.3. The number of aliphatic hydroxyl groups excluding tert-OH is 1. The van der Waals surface area contributed by atoms with Crippen LogP contribution in [0.15, 0.2) is 77.8 Å². The normalized spacial score (nSPS) is 13.6. The zero-order valence-electron chi connectivity index (χ0n) is 26.6. The van der Waals surface area contributed by atoms with Crippen molar-refractivity contribution in [2.75, 3.05) is 0 Å². The van der Waals surface area contributed by atoms with Crippen molar-refractivity contribution in [2.24, 2.45) is 0 Å². The number of aliphatic hydroxyl groups is 1. The molecule has 4 N–H and O–H groups in total. The molecule has 250 valence electrons. The number of alkyl carbamates (subject to hydrolysis) is 2. The maximum absolute atomic E-state index is 13.3. The van der Waals surface area contributed by atoms with Gasteiger partial charge in [0.25, 0.3) is 0 Å². The van der Waals surface area contributed by atoms with Crippen LogP contribution in [0.2, 0.25) is 0 Å². The number of thiazole rings is 2. The van der Waals surface area contributed by atoms with E-state index in [4.69, 9.17) is 9.47 Å². The Kier molecular flexibility index (Phi) is 13.7. The molecule has 0 aliphatic rings. The fraction of sp³-hybridized carbons (Fsp3) is 0.382. The van der Waals surface area contributed by atoms with Crippen LogP contribution in [0.25, 0.3) is 0 Å². The molecule has 0 spiro atoms. The molecule has 4 atom stereocenters. The van der Waals surface area contributed by atoms with Gasteiger partial charge in [0.2, 0.25) is 5.91 Å². The lowest BCUT2D eigenvalue weighted by Gasteiger charge is -2.29. The molecule has 0 radical (unpaired) electrons. The minimum atomic E-state index is -1.05. The van der Waals surface area contributed by atoms with E-state index in [9.17, 15) is 19.5 Å². The Balaban J connectivity index is 1.39. The molecule has 2 aromatic heterocycles. The van der Waals surface area contributed by atoms with E-state index in [0.717, 1.165) is 21.0 Å². The number of nitrogens with one attached hydrogen (secondary N) is 3. The SMILES string of the molecule is CC(C)c1nc(COC(=O)N[C@@H](C)C(=O)N[C@@H](Cc2ccccc2)C[C@H](O)[C@H](Cc2ccccc2)NC(=O)OCc2cncs2)cs1. The lowest BCUT2D eigenvalue weighted by Crippen LogP contribution is -2.52. The first-order valence-corrected chi connectivity index (χ1v) is 17.2. The second kappa shape index (κ2) is 18.1. The van der Waals surface area contributed by atoms with Crippen LogP contribution in [0.1, 0.15) is 59.8 Å². The summed E-state index contributed by atoms with van der Waals surface area (Å²) in [5.74, 6) is -0.164. The number of benzene rings is 2. The van der Waals surface area contributed by atoms with Gasteiger partial charge in [0.05, 0.1) is 33.2 Å². The van der Waals surface area contributed by atoms with Gasteiger partial charge in [0.15, 0.2) is 0 Å². The van der Waals surface area contributed by atoms with Crippen LogP contribution in [0, 0.1) is 0 Å². The smallest absolute Gasteiger partial charge is 0.408 e. The van der Waals surface area contributed by atoms with E-state index >= 15 is 0 Å². The Morgan fingerprint density at radius 3 is 2.09 bits per heavy atom. The Morgan fingerprint density at radius 1 is 0.830 bits per heavy atom. The van der Waals surface area contributed by atoms with Crippen molar-refractivity contribution >= 4 is 40.8 Å². The number of nitrogens with zero attached hydrogens (tertiary/aromatic N) is 2. The average Bonchev–Trinajstić information content (AvgIpc) is 3.76. The molecule has 0 unspecified atom stereocenters. The van der Waals surface area contributed by atoms with Crippen molar-refractivity contribution in [3.8, 4) is 0 Å². The number of hydrogen-bond acceptors (Lipinski definition) is 10. The first kappa shape index (κ1) is 35.5. The Labute approximate surface area is 282 Å². The van der Waals surface area contributed by atoms with E-state index in [1.165, 1.54) is 22.7 Å². The van der Waals surface area contributed by atoms with E-state index in [-0.39, 0.29) is 25.6 Å². The van der Waals surface area contributed by atoms with E-state index in [1.54, 1.807) is 18.6 Å². The number of rotatable bonds is 16. The highest BCUT2D eigenvalue weighted by Gasteiger charge is 2.28. The van der Waals surface area contributed by atoms with Crippen LogP contribution >= 0.6 is 22.7 Å². The predicted molar refractivity (Wildman–Crippen MR) is 181 cm³/mol. The lowest BCUT2D eigenvalue weighted by molar-refractivity contribution is -0.123. The molecule has 0 bridgehead atoms. The maximum Gasteiger partial charge on any atom is 0.408 e. The van der Waals surface area contributed by atoms with Gasteiger partial charge in [0, 0.05) is 23.5 Å². The average molecular weight is 680 g/mol. The minimum absolute atomic E-state index is 0.00529. The summed E-state index contributed by atoms with van der Waals surface area (Å²) in [5.41, 5.74) is 4.17. The topological polar surface area (TPSA) is 152 Å². The first-order valence-electron chi connectivity index (χ1n) is 15.4. The fourth-order valence-corrected chi connectivity index (χ4v) is 6.07. The summed E-state index contributed by atoms with van der Waals surface area (Å²) in [7, 11) is 0. The van der Waals surface area contributed by atoms with E-state index in [1.807, 2.05) is 79.9 Å². The summed E-state index contributed by atoms with van der Waals surface area (Å²) < 4.78 is 10.7. The molecule has 13 heteroatoms. The van der Waals surface area contributed by atoms with Crippen molar-refractivity contribution in [3.05, 3.63) is 104 Å². The molecule has 3 amide bonds. The Bertz CT molecular complexity index is 1530. The van der Waals surface area contributed by atoms with Crippen LogP contribution in [0.4, 0.5) is 9.59 Å². The number of ether oxygens (including phenoxy) is 2. The standard InChI is InChI=1S/C34H41N5O6S2/c1-22(2)32-38-27(20-46-32)18-44-33(42)36-23(3)31(41)37-26(14-24-10-6-4-7-11-24)16-30(40)29(15-25-12-8-5-9-13-25)39-34(43)45-19-28-17-35-21-47-28/h4-13,17,20-23,26,29-30,40H,14-16,18-19H2,1-3H3,(H,36,42)(H,37,41)(H,39,43)/t23-,26-,29-,30-/m0/s1. The van der Waals surface area contributed by atoms with Gasteiger partial charge in [-0.2, -0.15) is 0 Å². The first-order chi connectivity index (χ1) is 22.7. The molecular formula is C34H41N5O6S2. The molecule has 0 aliphatic carbocycles. The highest BCUT2D eigenvalue weighted by atomic mass is 32.1. The number of carbonyl (C=O) groups excluding carboxylic acids is 3. The third-order valence-corrected chi connectivity index (χ3v) is 9.18. The molecule has 0 saturated carbocycles. The molecule has 2 heterocycles. The highest BCUT2D eigenvalue weighted by Crippen LogP contribution is 2.20. The molecule has 11 nitrogen and oxygen atoms in total. The van der Waals surface area contributed by atoms with Crippen LogP contribution in [-0.4, -0.2) is 57.4 Å². The Morgan fingerprint density at radius 2 is 1.47 bits per heavy atom. The van der Waals surface area contributed by atoms with Gasteiger partial charge in [-0.05, 0) is 37.3 Å². The molecule has 2 aromatic carbocycles. The minimum Gasteiger partial charge on any atom is -0.444 e. The highest BCUT2D eigenvalue weighted by molar-refractivity contribution is 7.09. The van der Waals surface area contributed by atoms with Crippen molar-refractivity contribution in [3.63, 3.8) is 0 Å². The van der Waals surface area contributed by atoms with Crippen LogP contribution in [0.3, 0.4) is 0 Å². The number of amides is 3. The van der Waals surface area contributed by atoms with Gasteiger partial charge in [-0.1, -0.05) is 74.5 Å². The molecule has 47 heavy (non-hydrogen) atoms. The van der Waals surface area contributed by atoms with E-state index in [0.29, 0.717) is 18.5 Å². The number of hydrogen-bond donors (Lipinski definition) is 4. The second-order valence-corrected chi connectivity index (χ2v) is 13.3. The van der Waals surface area contributed by atoms with Crippen LogP contribution < -0.4 is 16.0 Å². The van der Waals surface area contributed by atoms with Crippen molar-refractivity contribution in [1.29, 1.82) is 0 Å². The summed E-state index contributed by atoms with van der Waals surface area (Å²) >= 11 is 2.88. The summed E-state index contributed by atoms with van der Waals surface area (Å²) in [6, 6.07) is 16.9. The van der Waals surface area contributed by atoms with Gasteiger partial charge in [-0.3, -0.25) is 9.78 Å². The summed E-state index contributed by atoms with van der Waals surface area (Å²) in [6.45, 7) is 5.70. The second-order valence-electron chi connectivity index (χ2n) is 11.5. The van der Waals surface area contributed by atoms with Gasteiger partial charge >= 0.3 is 12.2 Å². The van der Waals surface area contributed by atoms with Gasteiger partial charge < -0.3 is 30.5 Å². The molecular weight excluding hydrogens is 639 g/mol.